The van der Waals surface area contributed by atoms with Gasteiger partial charge in [0.2, 0.25) is 5.95 Å². The number of amides is 1. The molecule has 4 heterocycles. The minimum absolute atomic E-state index is 0.0304. The van der Waals surface area contributed by atoms with Crippen molar-refractivity contribution < 1.29 is 14.3 Å². The fourth-order valence-electron chi connectivity index (χ4n) is 4.74. The van der Waals surface area contributed by atoms with Crippen LogP contribution in [0, 0.1) is 11.8 Å². The summed E-state index contributed by atoms with van der Waals surface area (Å²) in [6.45, 7) is 2.64. The van der Waals surface area contributed by atoms with Crippen LogP contribution >= 0.6 is 0 Å². The highest BCUT2D eigenvalue weighted by Crippen LogP contribution is 2.44. The third-order valence-corrected chi connectivity index (χ3v) is 6.58. The van der Waals surface area contributed by atoms with E-state index in [-0.39, 0.29) is 17.9 Å². The van der Waals surface area contributed by atoms with Gasteiger partial charge in [0.05, 0.1) is 31.1 Å². The molecule has 3 atom stereocenters. The summed E-state index contributed by atoms with van der Waals surface area (Å²) >= 11 is 0. The number of pyridine rings is 1. The van der Waals surface area contributed by atoms with E-state index in [0.29, 0.717) is 36.2 Å². The Morgan fingerprint density at radius 3 is 2.91 bits per heavy atom. The van der Waals surface area contributed by atoms with Gasteiger partial charge in [0.1, 0.15) is 11.6 Å². The molecule has 1 aromatic carbocycles. The van der Waals surface area contributed by atoms with E-state index in [1.165, 1.54) is 0 Å². The van der Waals surface area contributed by atoms with Gasteiger partial charge in [-0.1, -0.05) is 12.1 Å². The highest BCUT2D eigenvalue weighted by molar-refractivity contribution is 5.94. The Bertz CT molecular complexity index is 1220. The third kappa shape index (κ3) is 3.74. The van der Waals surface area contributed by atoms with Crippen molar-refractivity contribution in [2.45, 2.75) is 19.0 Å². The topological polar surface area (TPSA) is 124 Å². The number of benzene rings is 1. The van der Waals surface area contributed by atoms with Crippen LogP contribution in [0.3, 0.4) is 0 Å². The molecular weight excluding hydrogens is 420 g/mol. The molecule has 2 fully saturated rings. The van der Waals surface area contributed by atoms with Gasteiger partial charge in [-0.15, -0.1) is 0 Å². The van der Waals surface area contributed by atoms with Crippen LogP contribution in [0.15, 0.2) is 42.7 Å². The zero-order valence-electron chi connectivity index (χ0n) is 18.0. The summed E-state index contributed by atoms with van der Waals surface area (Å²) in [5, 5.41) is 6.55. The maximum atomic E-state index is 12.7. The number of carbonyl (C=O) groups is 1. The number of hydrogen-bond acceptors (Lipinski definition) is 8. The van der Waals surface area contributed by atoms with Crippen LogP contribution in [0.25, 0.3) is 11.3 Å². The van der Waals surface area contributed by atoms with Gasteiger partial charge in [-0.05, 0) is 23.8 Å². The molecule has 9 nitrogen and oxygen atoms in total. The molecule has 3 aliphatic rings. The summed E-state index contributed by atoms with van der Waals surface area (Å²) in [6.07, 6.45) is 4.13. The molecule has 0 spiro atoms. The number of ether oxygens (including phenoxy) is 2. The van der Waals surface area contributed by atoms with Gasteiger partial charge < -0.3 is 25.8 Å². The molecule has 9 heteroatoms. The molecule has 0 bridgehead atoms. The van der Waals surface area contributed by atoms with Gasteiger partial charge in [0.25, 0.3) is 5.91 Å². The lowest BCUT2D eigenvalue weighted by Gasteiger charge is -2.13. The van der Waals surface area contributed by atoms with Crippen LogP contribution in [0.5, 0.6) is 5.75 Å². The lowest BCUT2D eigenvalue weighted by Crippen LogP contribution is -2.29. The van der Waals surface area contributed by atoms with Gasteiger partial charge in [-0.25, -0.2) is 15.0 Å². The monoisotopic (exact) mass is 444 g/mol. The van der Waals surface area contributed by atoms with Crippen molar-refractivity contribution in [2.75, 3.05) is 30.9 Å². The van der Waals surface area contributed by atoms with E-state index in [1.807, 2.05) is 24.3 Å². The predicted molar refractivity (Wildman–Crippen MR) is 122 cm³/mol. The normalized spacial score (nSPS) is 22.2. The Morgan fingerprint density at radius 2 is 2.06 bits per heavy atom. The maximum Gasteiger partial charge on any atom is 0.251 e. The highest BCUT2D eigenvalue weighted by atomic mass is 16.5. The number of rotatable bonds is 6. The Kier molecular flexibility index (Phi) is 4.83. The van der Waals surface area contributed by atoms with Crippen molar-refractivity contribution in [3.05, 3.63) is 59.4 Å². The molecule has 168 valence electrons. The number of nitrogen functional groups attached to an aromatic ring is 1. The van der Waals surface area contributed by atoms with Crippen molar-refractivity contribution in [3.8, 4) is 17.0 Å². The average Bonchev–Trinajstić information content (AvgIpc) is 3.22. The lowest BCUT2D eigenvalue weighted by molar-refractivity contribution is 0.0929. The van der Waals surface area contributed by atoms with Crippen molar-refractivity contribution in [2.24, 2.45) is 11.8 Å². The smallest absolute Gasteiger partial charge is 0.251 e. The highest BCUT2D eigenvalue weighted by Gasteiger charge is 2.54. The van der Waals surface area contributed by atoms with Crippen LogP contribution in [-0.4, -0.2) is 46.7 Å². The first-order valence-corrected chi connectivity index (χ1v) is 11.1. The molecule has 4 N–H and O–H groups in total. The number of nitrogens with one attached hydrogen (secondary N) is 2. The number of hydrogen-bond donors (Lipinski definition) is 3. The predicted octanol–water partition coefficient (Wildman–Crippen LogP) is 2.04. The van der Waals surface area contributed by atoms with Crippen molar-refractivity contribution in [1.29, 1.82) is 0 Å². The van der Waals surface area contributed by atoms with E-state index >= 15 is 0 Å². The summed E-state index contributed by atoms with van der Waals surface area (Å²) in [5.41, 5.74) is 9.91. The fourth-order valence-corrected chi connectivity index (χ4v) is 4.74. The molecule has 1 unspecified atom stereocenters. The quantitative estimate of drug-likeness (QED) is 0.528. The van der Waals surface area contributed by atoms with E-state index in [0.717, 1.165) is 47.9 Å². The summed E-state index contributed by atoms with van der Waals surface area (Å²) in [7, 11) is 0. The average molecular weight is 444 g/mol. The zero-order valence-corrected chi connectivity index (χ0v) is 18.0. The van der Waals surface area contributed by atoms with E-state index < -0.39 is 0 Å². The van der Waals surface area contributed by atoms with E-state index in [4.69, 9.17) is 15.2 Å². The Hall–Kier alpha value is -3.72. The fraction of sp³-hybridized carbons (Fsp3) is 0.333. The summed E-state index contributed by atoms with van der Waals surface area (Å²) in [4.78, 5) is 25.6. The Balaban J connectivity index is 1.16. The minimum Gasteiger partial charge on any atom is -0.492 e. The minimum atomic E-state index is -0.0304. The molecule has 1 aliphatic carbocycles. The number of aromatic nitrogens is 3. The van der Waals surface area contributed by atoms with Crippen molar-refractivity contribution >= 4 is 17.7 Å². The van der Waals surface area contributed by atoms with Crippen LogP contribution in [0.4, 0.5) is 11.8 Å². The number of fused-ring (bicyclic) bond motifs is 2. The number of carbonyl (C=O) groups excluding carboxylic acids is 1. The summed E-state index contributed by atoms with van der Waals surface area (Å²) in [5.74, 6) is 2.69. The first-order chi connectivity index (χ1) is 16.2. The summed E-state index contributed by atoms with van der Waals surface area (Å²) < 4.78 is 11.3. The standard InChI is InChI=1S/C24H24N6O3/c25-24-26-6-4-19(29-24)16-10-28-22(15-5-7-33-21(15)16)27-9-13-2-1-3-14(8-13)23(31)30-20-17-11-32-12-18(17)20/h1-4,6,8,10,17-18,20H,5,7,9,11-12H2,(H,27,28)(H,30,31)(H2,25,26,29)/t17-,18+,20?. The van der Waals surface area contributed by atoms with Crippen molar-refractivity contribution in [1.82, 2.24) is 20.3 Å². The van der Waals surface area contributed by atoms with Gasteiger partial charge in [0, 0.05) is 54.4 Å². The van der Waals surface area contributed by atoms with Crippen LogP contribution < -0.4 is 21.1 Å². The molecule has 33 heavy (non-hydrogen) atoms. The van der Waals surface area contributed by atoms with Crippen molar-refractivity contribution in [3.63, 3.8) is 0 Å². The van der Waals surface area contributed by atoms with Gasteiger partial charge >= 0.3 is 0 Å². The number of nitrogens with two attached hydrogens (primary N) is 1. The van der Waals surface area contributed by atoms with Crippen LogP contribution in [0.1, 0.15) is 21.5 Å². The van der Waals surface area contributed by atoms with Gasteiger partial charge in [0.15, 0.2) is 0 Å². The second-order valence-electron chi connectivity index (χ2n) is 8.65. The summed E-state index contributed by atoms with van der Waals surface area (Å²) in [6, 6.07) is 9.72. The molecule has 1 saturated carbocycles. The maximum absolute atomic E-state index is 12.7. The molecule has 1 saturated heterocycles. The Labute approximate surface area is 190 Å². The number of nitrogens with zero attached hydrogens (tertiary/aromatic N) is 3. The molecule has 3 aromatic rings. The SMILES string of the molecule is Nc1nccc(-c2cnc(NCc3cccc(C(=O)NC4[C@H]5COC[C@@H]45)c3)c3c2OCC3)n1. The lowest BCUT2D eigenvalue weighted by atomic mass is 10.1. The molecular formula is C24H24N6O3. The molecule has 0 radical (unpaired) electrons. The van der Waals surface area contributed by atoms with Gasteiger partial charge in [-0.3, -0.25) is 4.79 Å². The van der Waals surface area contributed by atoms with Crippen LogP contribution in [0.2, 0.25) is 0 Å². The largest absolute Gasteiger partial charge is 0.492 e. The Morgan fingerprint density at radius 1 is 1.18 bits per heavy atom. The number of anilines is 2. The van der Waals surface area contributed by atoms with E-state index in [1.54, 1.807) is 18.5 Å². The zero-order chi connectivity index (χ0) is 22.4. The first-order valence-electron chi connectivity index (χ1n) is 11.1. The first kappa shape index (κ1) is 19.9. The molecule has 6 rings (SSSR count). The second kappa shape index (κ2) is 8.00. The van der Waals surface area contributed by atoms with E-state index in [2.05, 4.69) is 25.6 Å². The van der Waals surface area contributed by atoms with E-state index in [9.17, 15) is 4.79 Å². The molecule has 1 amide bonds. The van der Waals surface area contributed by atoms with Gasteiger partial charge in [-0.2, -0.15) is 0 Å². The molecule has 2 aromatic heterocycles. The second-order valence-corrected chi connectivity index (χ2v) is 8.65. The van der Waals surface area contributed by atoms with Crippen LogP contribution in [-0.2, 0) is 17.7 Å². The molecule has 2 aliphatic heterocycles. The third-order valence-electron chi connectivity index (χ3n) is 6.58.